The van der Waals surface area contributed by atoms with Crippen LogP contribution in [-0.2, 0) is 7.05 Å². The predicted molar refractivity (Wildman–Crippen MR) is 64.6 cm³/mol. The maximum Gasteiger partial charge on any atom is 0.267 e. The third-order valence-corrected chi connectivity index (χ3v) is 3.15. The molecule has 0 spiro atoms. The average molecular weight is 235 g/mol. The zero-order valence-corrected chi connectivity index (χ0v) is 10.3. The highest BCUT2D eigenvalue weighted by atomic mass is 32.1. The number of rotatable bonds is 2. The lowest BCUT2D eigenvalue weighted by Gasteiger charge is -1.99. The number of nitrogens with one attached hydrogen (secondary N) is 1. The number of aryl methyl sites for hydroxylation is 2. The Balaban J connectivity index is 2.41. The van der Waals surface area contributed by atoms with E-state index in [0.29, 0.717) is 5.69 Å². The highest BCUT2D eigenvalue weighted by Gasteiger charge is 2.12. The van der Waals surface area contributed by atoms with E-state index < -0.39 is 0 Å². The van der Waals surface area contributed by atoms with E-state index in [0.717, 1.165) is 16.3 Å². The zero-order chi connectivity index (χ0) is 11.7. The summed E-state index contributed by atoms with van der Waals surface area (Å²) in [5.74, 6) is -0.0827. The van der Waals surface area contributed by atoms with Gasteiger partial charge < -0.3 is 9.88 Å². The van der Waals surface area contributed by atoms with E-state index in [9.17, 15) is 4.79 Å². The van der Waals surface area contributed by atoms with Crippen LogP contribution in [0.2, 0.25) is 0 Å². The summed E-state index contributed by atoms with van der Waals surface area (Å²) in [7, 11) is 3.48. The number of hydrogen-bond acceptors (Lipinski definition) is 3. The van der Waals surface area contributed by atoms with Gasteiger partial charge >= 0.3 is 0 Å². The Hall–Kier alpha value is -1.62. The first-order valence-electron chi connectivity index (χ1n) is 4.92. The Morgan fingerprint density at radius 1 is 1.56 bits per heavy atom. The van der Waals surface area contributed by atoms with Crippen LogP contribution in [-0.4, -0.2) is 22.5 Å². The molecule has 84 valence electrons. The molecule has 2 heterocycles. The lowest BCUT2D eigenvalue weighted by molar-refractivity contribution is 0.0955. The van der Waals surface area contributed by atoms with Crippen molar-refractivity contribution in [1.82, 2.24) is 14.9 Å². The van der Waals surface area contributed by atoms with Crippen LogP contribution in [0.5, 0.6) is 0 Å². The van der Waals surface area contributed by atoms with Crippen LogP contribution in [0.15, 0.2) is 17.6 Å². The predicted octanol–water partition coefficient (Wildman–Crippen LogP) is 1.82. The zero-order valence-electron chi connectivity index (χ0n) is 9.44. The largest absolute Gasteiger partial charge is 0.354 e. The first-order chi connectivity index (χ1) is 7.61. The standard InChI is InChI=1S/C11H13N3OS/c1-7-13-9(6-16-7)8-4-10(11(15)12-2)14(3)5-8/h4-6H,1-3H3,(H,12,15). The van der Waals surface area contributed by atoms with Crippen LogP contribution in [0, 0.1) is 6.92 Å². The van der Waals surface area contributed by atoms with Crippen molar-refractivity contribution < 1.29 is 4.79 Å². The molecule has 0 fully saturated rings. The summed E-state index contributed by atoms with van der Waals surface area (Å²) in [6, 6.07) is 1.85. The van der Waals surface area contributed by atoms with E-state index in [1.807, 2.05) is 36.2 Å². The second-order valence-electron chi connectivity index (χ2n) is 3.56. The van der Waals surface area contributed by atoms with Crippen molar-refractivity contribution >= 4 is 17.2 Å². The molecule has 0 aliphatic heterocycles. The van der Waals surface area contributed by atoms with E-state index in [-0.39, 0.29) is 5.91 Å². The first-order valence-corrected chi connectivity index (χ1v) is 5.80. The maximum atomic E-state index is 11.5. The van der Waals surface area contributed by atoms with Crippen molar-refractivity contribution in [2.75, 3.05) is 7.05 Å². The molecule has 5 heteroatoms. The summed E-state index contributed by atoms with van der Waals surface area (Å²) in [6.07, 6.45) is 1.92. The second-order valence-corrected chi connectivity index (χ2v) is 4.62. The third kappa shape index (κ3) is 1.86. The average Bonchev–Trinajstić information content (AvgIpc) is 2.83. The van der Waals surface area contributed by atoms with Gasteiger partial charge in [0.15, 0.2) is 0 Å². The van der Waals surface area contributed by atoms with E-state index in [1.54, 1.807) is 18.4 Å². The summed E-state index contributed by atoms with van der Waals surface area (Å²) >= 11 is 1.61. The fraction of sp³-hybridized carbons (Fsp3) is 0.273. The van der Waals surface area contributed by atoms with Gasteiger partial charge in [0.05, 0.1) is 10.7 Å². The Bertz CT molecular complexity index is 527. The van der Waals surface area contributed by atoms with E-state index in [4.69, 9.17) is 0 Å². The molecule has 0 radical (unpaired) electrons. The quantitative estimate of drug-likeness (QED) is 0.863. The summed E-state index contributed by atoms with van der Waals surface area (Å²) in [6.45, 7) is 1.97. The van der Waals surface area contributed by atoms with Crippen molar-refractivity contribution in [1.29, 1.82) is 0 Å². The van der Waals surface area contributed by atoms with Gasteiger partial charge in [0.2, 0.25) is 0 Å². The van der Waals surface area contributed by atoms with Crippen molar-refractivity contribution in [3.63, 3.8) is 0 Å². The van der Waals surface area contributed by atoms with Crippen LogP contribution in [0.1, 0.15) is 15.5 Å². The number of aromatic nitrogens is 2. The number of thiazole rings is 1. The number of hydrogen-bond donors (Lipinski definition) is 1. The summed E-state index contributed by atoms with van der Waals surface area (Å²) in [5, 5.41) is 5.64. The fourth-order valence-electron chi connectivity index (χ4n) is 1.55. The molecule has 0 saturated carbocycles. The van der Waals surface area contributed by atoms with E-state index in [1.165, 1.54) is 0 Å². The van der Waals surface area contributed by atoms with Gasteiger partial charge in [-0.3, -0.25) is 4.79 Å². The van der Waals surface area contributed by atoms with Crippen molar-refractivity contribution in [3.05, 3.63) is 28.3 Å². The van der Waals surface area contributed by atoms with Crippen LogP contribution in [0.4, 0.5) is 0 Å². The minimum atomic E-state index is -0.0827. The Kier molecular flexibility index (Phi) is 2.78. The summed E-state index contributed by atoms with van der Waals surface area (Å²) in [4.78, 5) is 15.9. The van der Waals surface area contributed by atoms with Gasteiger partial charge in [-0.15, -0.1) is 11.3 Å². The molecular weight excluding hydrogens is 222 g/mol. The highest BCUT2D eigenvalue weighted by Crippen LogP contribution is 2.23. The monoisotopic (exact) mass is 235 g/mol. The molecule has 4 nitrogen and oxygen atoms in total. The van der Waals surface area contributed by atoms with Gasteiger partial charge in [-0.05, 0) is 13.0 Å². The molecule has 2 rings (SSSR count). The van der Waals surface area contributed by atoms with Gasteiger partial charge in [-0.2, -0.15) is 0 Å². The van der Waals surface area contributed by atoms with Crippen LogP contribution in [0.3, 0.4) is 0 Å². The molecule has 0 bridgehead atoms. The van der Waals surface area contributed by atoms with E-state index >= 15 is 0 Å². The molecule has 0 aromatic carbocycles. The van der Waals surface area contributed by atoms with Crippen molar-refractivity contribution in [2.24, 2.45) is 7.05 Å². The van der Waals surface area contributed by atoms with Gasteiger partial charge in [-0.1, -0.05) is 0 Å². The van der Waals surface area contributed by atoms with Crippen molar-refractivity contribution in [2.45, 2.75) is 6.92 Å². The normalized spacial score (nSPS) is 10.4. The maximum absolute atomic E-state index is 11.5. The van der Waals surface area contributed by atoms with Crippen LogP contribution in [0.25, 0.3) is 11.3 Å². The lowest BCUT2D eigenvalue weighted by atomic mass is 10.2. The van der Waals surface area contributed by atoms with Gasteiger partial charge in [0, 0.05) is 31.2 Å². The minimum Gasteiger partial charge on any atom is -0.354 e. The third-order valence-electron chi connectivity index (χ3n) is 2.38. The molecule has 2 aromatic heterocycles. The lowest BCUT2D eigenvalue weighted by Crippen LogP contribution is -2.20. The molecule has 2 aromatic rings. The number of amides is 1. The molecule has 1 amide bonds. The Labute approximate surface area is 97.9 Å². The molecule has 0 aliphatic carbocycles. The number of carbonyl (C=O) groups is 1. The molecule has 0 saturated heterocycles. The molecular formula is C11H13N3OS. The van der Waals surface area contributed by atoms with Crippen LogP contribution >= 0.6 is 11.3 Å². The molecule has 0 unspecified atom stereocenters. The SMILES string of the molecule is CNC(=O)c1cc(-c2csc(C)n2)cn1C. The van der Waals surface area contributed by atoms with Gasteiger partial charge in [0.1, 0.15) is 5.69 Å². The number of carbonyl (C=O) groups excluding carboxylic acids is 1. The van der Waals surface area contributed by atoms with E-state index in [2.05, 4.69) is 10.3 Å². The minimum absolute atomic E-state index is 0.0827. The second kappa shape index (κ2) is 4.09. The van der Waals surface area contributed by atoms with Gasteiger partial charge in [0.25, 0.3) is 5.91 Å². The Morgan fingerprint density at radius 3 is 2.88 bits per heavy atom. The molecule has 0 aliphatic rings. The molecule has 0 atom stereocenters. The topological polar surface area (TPSA) is 46.9 Å². The smallest absolute Gasteiger partial charge is 0.267 e. The van der Waals surface area contributed by atoms with Crippen molar-refractivity contribution in [3.8, 4) is 11.3 Å². The fourth-order valence-corrected chi connectivity index (χ4v) is 2.18. The van der Waals surface area contributed by atoms with Gasteiger partial charge in [-0.25, -0.2) is 4.98 Å². The highest BCUT2D eigenvalue weighted by molar-refractivity contribution is 7.09. The summed E-state index contributed by atoms with van der Waals surface area (Å²) < 4.78 is 1.81. The molecule has 1 N–H and O–H groups in total. The molecule has 16 heavy (non-hydrogen) atoms. The summed E-state index contributed by atoms with van der Waals surface area (Å²) in [5.41, 5.74) is 2.54. The Morgan fingerprint density at radius 2 is 2.31 bits per heavy atom. The first kappa shape index (κ1) is 10.9. The number of nitrogens with zero attached hydrogens (tertiary/aromatic N) is 2. The van der Waals surface area contributed by atoms with Crippen LogP contribution < -0.4 is 5.32 Å².